The van der Waals surface area contributed by atoms with Crippen LogP contribution in [0.1, 0.15) is 35.7 Å². The molecular formula is C25H25ClN2O3. The maximum atomic E-state index is 12.6. The first kappa shape index (κ1) is 22.4. The number of halogens is 1. The molecule has 0 radical (unpaired) electrons. The maximum Gasteiger partial charge on any atom is 0.255 e. The van der Waals surface area contributed by atoms with E-state index in [4.69, 9.17) is 16.3 Å². The highest BCUT2D eigenvalue weighted by Crippen LogP contribution is 2.24. The number of benzene rings is 3. The Hall–Kier alpha value is -3.31. The lowest BCUT2D eigenvalue weighted by Crippen LogP contribution is -2.15. The van der Waals surface area contributed by atoms with Crippen molar-refractivity contribution >= 4 is 34.8 Å². The van der Waals surface area contributed by atoms with Gasteiger partial charge in [-0.2, -0.15) is 0 Å². The molecule has 0 aliphatic carbocycles. The van der Waals surface area contributed by atoms with Gasteiger partial charge in [0.1, 0.15) is 5.75 Å². The molecule has 0 aliphatic heterocycles. The first-order valence-electron chi connectivity index (χ1n) is 10.2. The van der Waals surface area contributed by atoms with Crippen molar-refractivity contribution in [3.05, 3.63) is 88.9 Å². The molecule has 160 valence electrons. The van der Waals surface area contributed by atoms with E-state index in [1.807, 2.05) is 37.3 Å². The van der Waals surface area contributed by atoms with E-state index >= 15 is 0 Å². The van der Waals surface area contributed by atoms with Crippen molar-refractivity contribution in [3.8, 4) is 5.75 Å². The van der Waals surface area contributed by atoms with E-state index in [1.54, 1.807) is 42.5 Å². The number of anilines is 2. The lowest BCUT2D eigenvalue weighted by Gasteiger charge is -2.11. The Kier molecular flexibility index (Phi) is 8.07. The van der Waals surface area contributed by atoms with Gasteiger partial charge in [-0.25, -0.2) is 0 Å². The standard InChI is InChI=1S/C25H25ClN2O3/c1-2-31-21-14-12-20(13-15-21)27-25(30)19-11-16-22(26)23(17-19)28-24(29)10-6-9-18-7-4-3-5-8-18/h3-5,7-8,11-17H,2,6,9-10H2,1H3,(H,27,30)(H,28,29). The average Bonchev–Trinajstić information content (AvgIpc) is 2.77. The highest BCUT2D eigenvalue weighted by molar-refractivity contribution is 6.34. The monoisotopic (exact) mass is 436 g/mol. The Labute approximate surface area is 187 Å². The van der Waals surface area contributed by atoms with Crippen LogP contribution in [0.3, 0.4) is 0 Å². The van der Waals surface area contributed by atoms with Gasteiger partial charge in [-0.15, -0.1) is 0 Å². The van der Waals surface area contributed by atoms with Crippen molar-refractivity contribution in [1.29, 1.82) is 0 Å². The highest BCUT2D eigenvalue weighted by atomic mass is 35.5. The Balaban J connectivity index is 1.57. The zero-order valence-corrected chi connectivity index (χ0v) is 18.1. The molecule has 2 N–H and O–H groups in total. The molecule has 0 spiro atoms. The van der Waals surface area contributed by atoms with Gasteiger partial charge in [0.15, 0.2) is 0 Å². The van der Waals surface area contributed by atoms with Gasteiger partial charge in [0.2, 0.25) is 5.91 Å². The van der Waals surface area contributed by atoms with E-state index < -0.39 is 0 Å². The summed E-state index contributed by atoms with van der Waals surface area (Å²) in [6.45, 7) is 2.49. The van der Waals surface area contributed by atoms with Crippen LogP contribution in [0.25, 0.3) is 0 Å². The summed E-state index contributed by atoms with van der Waals surface area (Å²) in [5, 5.41) is 6.02. The minimum Gasteiger partial charge on any atom is -0.494 e. The second-order valence-corrected chi connectivity index (χ2v) is 7.40. The lowest BCUT2D eigenvalue weighted by atomic mass is 10.1. The fraction of sp³-hybridized carbons (Fsp3) is 0.200. The topological polar surface area (TPSA) is 67.4 Å². The van der Waals surface area contributed by atoms with E-state index in [0.29, 0.717) is 35.0 Å². The Morgan fingerprint density at radius 2 is 1.68 bits per heavy atom. The van der Waals surface area contributed by atoms with Crippen LogP contribution in [0.4, 0.5) is 11.4 Å². The first-order chi connectivity index (χ1) is 15.0. The lowest BCUT2D eigenvalue weighted by molar-refractivity contribution is -0.116. The van der Waals surface area contributed by atoms with Crippen molar-refractivity contribution in [2.45, 2.75) is 26.2 Å². The zero-order chi connectivity index (χ0) is 22.1. The predicted octanol–water partition coefficient (Wildman–Crippen LogP) is 5.95. The van der Waals surface area contributed by atoms with Crippen molar-refractivity contribution < 1.29 is 14.3 Å². The van der Waals surface area contributed by atoms with Gasteiger partial charge in [-0.3, -0.25) is 9.59 Å². The van der Waals surface area contributed by atoms with Gasteiger partial charge in [0.05, 0.1) is 17.3 Å². The van der Waals surface area contributed by atoms with E-state index in [9.17, 15) is 9.59 Å². The zero-order valence-electron chi connectivity index (χ0n) is 17.4. The van der Waals surface area contributed by atoms with Crippen molar-refractivity contribution in [2.24, 2.45) is 0 Å². The number of nitrogens with one attached hydrogen (secondary N) is 2. The number of ether oxygens (including phenoxy) is 1. The molecule has 3 rings (SSSR count). The summed E-state index contributed by atoms with van der Waals surface area (Å²) in [7, 11) is 0. The van der Waals surface area contributed by atoms with Crippen LogP contribution in [0.5, 0.6) is 5.75 Å². The number of hydrogen-bond acceptors (Lipinski definition) is 3. The van der Waals surface area contributed by atoms with Crippen molar-refractivity contribution in [1.82, 2.24) is 0 Å². The summed E-state index contributed by atoms with van der Waals surface area (Å²) in [6, 6.07) is 22.0. The molecule has 0 heterocycles. The molecule has 0 saturated carbocycles. The summed E-state index contributed by atoms with van der Waals surface area (Å²) in [6.07, 6.45) is 1.92. The van der Waals surface area contributed by atoms with Gasteiger partial charge in [0.25, 0.3) is 5.91 Å². The molecular weight excluding hydrogens is 412 g/mol. The summed E-state index contributed by atoms with van der Waals surface area (Å²) in [4.78, 5) is 24.9. The van der Waals surface area contributed by atoms with Gasteiger partial charge in [-0.1, -0.05) is 41.9 Å². The van der Waals surface area contributed by atoms with E-state index in [2.05, 4.69) is 10.6 Å². The third-order valence-electron chi connectivity index (χ3n) is 4.64. The molecule has 0 aliphatic rings. The second kappa shape index (κ2) is 11.2. The average molecular weight is 437 g/mol. The summed E-state index contributed by atoms with van der Waals surface area (Å²) in [5.41, 5.74) is 2.67. The quantitative estimate of drug-likeness (QED) is 0.435. The van der Waals surface area contributed by atoms with Crippen LogP contribution < -0.4 is 15.4 Å². The molecule has 0 aromatic heterocycles. The molecule has 0 saturated heterocycles. The van der Waals surface area contributed by atoms with Crippen LogP contribution in [0, 0.1) is 0 Å². The number of carbonyl (C=O) groups is 2. The van der Waals surface area contributed by atoms with Gasteiger partial charge >= 0.3 is 0 Å². The van der Waals surface area contributed by atoms with Crippen LogP contribution in [-0.2, 0) is 11.2 Å². The Bertz CT molecular complexity index is 1020. The molecule has 6 heteroatoms. The summed E-state index contributed by atoms with van der Waals surface area (Å²) >= 11 is 6.22. The SMILES string of the molecule is CCOc1ccc(NC(=O)c2ccc(Cl)c(NC(=O)CCCc3ccccc3)c2)cc1. The second-order valence-electron chi connectivity index (χ2n) is 6.99. The van der Waals surface area contributed by atoms with Crippen LogP contribution >= 0.6 is 11.6 Å². The first-order valence-corrected chi connectivity index (χ1v) is 10.6. The number of amides is 2. The van der Waals surface area contributed by atoms with Gasteiger partial charge in [-0.05, 0) is 67.8 Å². The van der Waals surface area contributed by atoms with Crippen molar-refractivity contribution in [3.63, 3.8) is 0 Å². The minimum atomic E-state index is -0.291. The summed E-state index contributed by atoms with van der Waals surface area (Å²) in [5.74, 6) is 0.312. The molecule has 5 nitrogen and oxygen atoms in total. The molecule has 0 unspecified atom stereocenters. The fourth-order valence-corrected chi connectivity index (χ4v) is 3.24. The number of aryl methyl sites for hydroxylation is 1. The van der Waals surface area contributed by atoms with E-state index in [-0.39, 0.29) is 11.8 Å². The third kappa shape index (κ3) is 6.86. The smallest absolute Gasteiger partial charge is 0.255 e. The Morgan fingerprint density at radius 3 is 2.39 bits per heavy atom. The highest BCUT2D eigenvalue weighted by Gasteiger charge is 2.12. The molecule has 0 bridgehead atoms. The van der Waals surface area contributed by atoms with Gasteiger partial charge < -0.3 is 15.4 Å². The maximum absolute atomic E-state index is 12.6. The fourth-order valence-electron chi connectivity index (χ4n) is 3.08. The van der Waals surface area contributed by atoms with Crippen LogP contribution in [0.2, 0.25) is 5.02 Å². The number of carbonyl (C=O) groups excluding carboxylic acids is 2. The predicted molar refractivity (Wildman–Crippen MR) is 125 cm³/mol. The minimum absolute atomic E-state index is 0.137. The molecule has 3 aromatic rings. The van der Waals surface area contributed by atoms with Crippen molar-refractivity contribution in [2.75, 3.05) is 17.2 Å². The molecule has 0 fully saturated rings. The normalized spacial score (nSPS) is 10.4. The van der Waals surface area contributed by atoms with Crippen LogP contribution in [-0.4, -0.2) is 18.4 Å². The molecule has 31 heavy (non-hydrogen) atoms. The largest absolute Gasteiger partial charge is 0.494 e. The Morgan fingerprint density at radius 1 is 0.935 bits per heavy atom. The summed E-state index contributed by atoms with van der Waals surface area (Å²) < 4.78 is 5.40. The molecule has 0 atom stereocenters. The number of rotatable bonds is 9. The molecule has 3 aromatic carbocycles. The third-order valence-corrected chi connectivity index (χ3v) is 4.97. The van der Waals surface area contributed by atoms with E-state index in [1.165, 1.54) is 5.56 Å². The number of hydrogen-bond donors (Lipinski definition) is 2. The molecule has 2 amide bonds. The van der Waals surface area contributed by atoms with Crippen LogP contribution in [0.15, 0.2) is 72.8 Å². The van der Waals surface area contributed by atoms with Gasteiger partial charge in [0, 0.05) is 17.7 Å². The van der Waals surface area contributed by atoms with E-state index in [0.717, 1.165) is 18.6 Å².